The quantitative estimate of drug-likeness (QED) is 0.534. The Morgan fingerprint density at radius 2 is 1.75 bits per heavy atom. The van der Waals surface area contributed by atoms with E-state index >= 15 is 0 Å². The van der Waals surface area contributed by atoms with Crippen LogP contribution >= 0.6 is 0 Å². The highest BCUT2D eigenvalue weighted by molar-refractivity contribution is 5.79. The minimum atomic E-state index is -2.89. The third-order valence-corrected chi connectivity index (χ3v) is 4.07. The lowest BCUT2D eigenvalue weighted by Crippen LogP contribution is -2.36. The molecule has 0 aliphatic heterocycles. The van der Waals surface area contributed by atoms with Gasteiger partial charge < -0.3 is 25.0 Å². The van der Waals surface area contributed by atoms with Crippen molar-refractivity contribution in [3.63, 3.8) is 0 Å². The number of alkyl halides is 2. The first-order valence-corrected chi connectivity index (χ1v) is 8.75. The molecule has 0 saturated carbocycles. The Balaban J connectivity index is 1.98. The van der Waals surface area contributed by atoms with Gasteiger partial charge in [0, 0.05) is 45.5 Å². The second-order valence-electron chi connectivity index (χ2n) is 6.19. The van der Waals surface area contributed by atoms with Crippen LogP contribution in [-0.2, 0) is 13.1 Å². The molecule has 6 nitrogen and oxygen atoms in total. The van der Waals surface area contributed by atoms with Crippen LogP contribution in [0.4, 0.5) is 14.5 Å². The molecule has 0 unspecified atom stereocenters. The minimum absolute atomic E-state index is 0.0954. The topological polar surface area (TPSA) is 58.1 Å². The highest BCUT2D eigenvalue weighted by Crippen LogP contribution is 2.25. The normalized spacial score (nSPS) is 11.3. The fourth-order valence-electron chi connectivity index (χ4n) is 2.53. The van der Waals surface area contributed by atoms with Gasteiger partial charge in [-0.3, -0.25) is 4.99 Å². The van der Waals surface area contributed by atoms with Crippen molar-refractivity contribution >= 4 is 11.6 Å². The van der Waals surface area contributed by atoms with E-state index in [1.807, 2.05) is 43.3 Å². The predicted octanol–water partition coefficient (Wildman–Crippen LogP) is 3.23. The largest absolute Gasteiger partial charge is 0.497 e. The van der Waals surface area contributed by atoms with E-state index in [1.165, 1.54) is 13.2 Å². The molecule has 0 bridgehead atoms. The van der Waals surface area contributed by atoms with Gasteiger partial charge in [-0.05, 0) is 35.9 Å². The van der Waals surface area contributed by atoms with Crippen LogP contribution in [0.3, 0.4) is 0 Å². The number of ether oxygens (including phenoxy) is 2. The third-order valence-electron chi connectivity index (χ3n) is 4.07. The fraction of sp³-hybridized carbons (Fsp3) is 0.350. The maximum atomic E-state index is 12.6. The molecule has 0 atom stereocenters. The van der Waals surface area contributed by atoms with E-state index in [4.69, 9.17) is 4.74 Å². The van der Waals surface area contributed by atoms with Gasteiger partial charge in [-0.25, -0.2) is 0 Å². The predicted molar refractivity (Wildman–Crippen MR) is 107 cm³/mol. The van der Waals surface area contributed by atoms with Gasteiger partial charge in [-0.15, -0.1) is 0 Å². The zero-order chi connectivity index (χ0) is 20.5. The lowest BCUT2D eigenvalue weighted by molar-refractivity contribution is -0.0504. The van der Waals surface area contributed by atoms with Crippen molar-refractivity contribution in [1.29, 1.82) is 0 Å². The highest BCUT2D eigenvalue weighted by Gasteiger charge is 2.11. The monoisotopic (exact) mass is 392 g/mol. The summed E-state index contributed by atoms with van der Waals surface area (Å²) in [4.78, 5) is 6.20. The molecule has 2 rings (SSSR count). The van der Waals surface area contributed by atoms with Gasteiger partial charge in [0.15, 0.2) is 5.96 Å². The van der Waals surface area contributed by atoms with Crippen molar-refractivity contribution < 1.29 is 18.3 Å². The number of methoxy groups -OCH3 is 1. The van der Waals surface area contributed by atoms with E-state index < -0.39 is 6.61 Å². The molecule has 152 valence electrons. The zero-order valence-corrected chi connectivity index (χ0v) is 16.5. The van der Waals surface area contributed by atoms with E-state index in [1.54, 1.807) is 19.2 Å². The van der Waals surface area contributed by atoms with Crippen LogP contribution in [0.15, 0.2) is 47.5 Å². The average molecular weight is 392 g/mol. The van der Waals surface area contributed by atoms with Crippen LogP contribution < -0.4 is 25.0 Å². The maximum absolute atomic E-state index is 12.6. The number of guanidine groups is 1. The van der Waals surface area contributed by atoms with E-state index in [2.05, 4.69) is 20.4 Å². The molecule has 0 radical (unpaired) electrons. The molecule has 0 amide bonds. The van der Waals surface area contributed by atoms with Gasteiger partial charge in [0.2, 0.25) is 0 Å². The third kappa shape index (κ3) is 6.29. The summed E-state index contributed by atoms with van der Waals surface area (Å²) in [5.41, 5.74) is 2.76. The molecule has 0 heterocycles. The summed E-state index contributed by atoms with van der Waals surface area (Å²) in [7, 11) is 7.14. The van der Waals surface area contributed by atoms with Crippen LogP contribution in [-0.4, -0.2) is 40.8 Å². The van der Waals surface area contributed by atoms with Gasteiger partial charge >= 0.3 is 6.61 Å². The number of nitrogens with one attached hydrogen (secondary N) is 2. The number of nitrogens with zero attached hydrogens (tertiary/aromatic N) is 2. The minimum Gasteiger partial charge on any atom is -0.497 e. The van der Waals surface area contributed by atoms with Crippen LogP contribution in [0.25, 0.3) is 0 Å². The summed E-state index contributed by atoms with van der Waals surface area (Å²) in [6.45, 7) is -2.07. The first-order chi connectivity index (χ1) is 13.4. The summed E-state index contributed by atoms with van der Waals surface area (Å²) < 4.78 is 35.0. The molecule has 2 aromatic rings. The first kappa shape index (κ1) is 21.3. The Morgan fingerprint density at radius 1 is 1.07 bits per heavy atom. The summed E-state index contributed by atoms with van der Waals surface area (Å²) in [5, 5.41) is 6.30. The molecule has 0 spiro atoms. The maximum Gasteiger partial charge on any atom is 0.387 e. The summed E-state index contributed by atoms with van der Waals surface area (Å²) >= 11 is 0. The number of hydrogen-bond acceptors (Lipinski definition) is 4. The van der Waals surface area contributed by atoms with Crippen molar-refractivity contribution in [2.24, 2.45) is 4.99 Å². The Labute approximate surface area is 164 Å². The second-order valence-corrected chi connectivity index (χ2v) is 6.19. The zero-order valence-electron chi connectivity index (χ0n) is 16.5. The van der Waals surface area contributed by atoms with E-state index in [0.717, 1.165) is 11.3 Å². The lowest BCUT2D eigenvalue weighted by atomic mass is 10.2. The summed E-state index contributed by atoms with van der Waals surface area (Å²) in [5.74, 6) is 1.20. The Kier molecular flexibility index (Phi) is 7.86. The van der Waals surface area contributed by atoms with Crippen LogP contribution in [0.5, 0.6) is 11.5 Å². The molecule has 8 heteroatoms. The van der Waals surface area contributed by atoms with Gasteiger partial charge in [0.25, 0.3) is 0 Å². The molecular weight excluding hydrogens is 366 g/mol. The van der Waals surface area contributed by atoms with Crippen molar-refractivity contribution in [3.05, 3.63) is 53.6 Å². The molecule has 2 N–H and O–H groups in total. The molecule has 0 aromatic heterocycles. The average Bonchev–Trinajstić information content (AvgIpc) is 2.69. The Bertz CT molecular complexity index is 780. The standard InChI is InChI=1S/C20H26F2N4O2/c1-23-20(24-12-14-5-7-16(8-6-14)26(2)3)25-13-15-11-17(27-4)9-10-18(15)28-19(21)22/h5-11,19H,12-13H2,1-4H3,(H2,23,24,25). The second kappa shape index (κ2) is 10.3. The van der Waals surface area contributed by atoms with Crippen molar-refractivity contribution in [3.8, 4) is 11.5 Å². The van der Waals surface area contributed by atoms with E-state index in [9.17, 15) is 8.78 Å². The number of halogens is 2. The van der Waals surface area contributed by atoms with Gasteiger partial charge in [-0.2, -0.15) is 8.78 Å². The van der Waals surface area contributed by atoms with Crippen LogP contribution in [0, 0.1) is 0 Å². The summed E-state index contributed by atoms with van der Waals surface area (Å²) in [6.07, 6.45) is 0. The molecule has 0 aliphatic rings. The molecule has 0 saturated heterocycles. The Hall–Kier alpha value is -3.03. The van der Waals surface area contributed by atoms with Gasteiger partial charge in [-0.1, -0.05) is 12.1 Å². The van der Waals surface area contributed by atoms with E-state index in [0.29, 0.717) is 23.8 Å². The van der Waals surface area contributed by atoms with Gasteiger partial charge in [0.05, 0.1) is 7.11 Å². The molecule has 0 aliphatic carbocycles. The highest BCUT2D eigenvalue weighted by atomic mass is 19.3. The summed E-state index contributed by atoms with van der Waals surface area (Å²) in [6, 6.07) is 12.8. The fourth-order valence-corrected chi connectivity index (χ4v) is 2.53. The molecular formula is C20H26F2N4O2. The number of anilines is 1. The van der Waals surface area contributed by atoms with Gasteiger partial charge in [0.1, 0.15) is 11.5 Å². The van der Waals surface area contributed by atoms with Crippen molar-refractivity contribution in [2.75, 3.05) is 33.2 Å². The van der Waals surface area contributed by atoms with Crippen LogP contribution in [0.2, 0.25) is 0 Å². The molecule has 2 aromatic carbocycles. The first-order valence-electron chi connectivity index (χ1n) is 8.75. The van der Waals surface area contributed by atoms with Crippen molar-refractivity contribution in [2.45, 2.75) is 19.7 Å². The van der Waals surface area contributed by atoms with Crippen LogP contribution in [0.1, 0.15) is 11.1 Å². The number of rotatable bonds is 8. The van der Waals surface area contributed by atoms with Crippen molar-refractivity contribution in [1.82, 2.24) is 10.6 Å². The SMILES string of the molecule is CN=C(NCc1ccc(N(C)C)cc1)NCc1cc(OC)ccc1OC(F)F. The molecule has 0 fully saturated rings. The number of hydrogen-bond donors (Lipinski definition) is 2. The van der Waals surface area contributed by atoms with E-state index in [-0.39, 0.29) is 12.3 Å². The molecule has 28 heavy (non-hydrogen) atoms. The number of benzene rings is 2. The number of aliphatic imine (C=N–C) groups is 1. The Morgan fingerprint density at radius 3 is 2.32 bits per heavy atom. The smallest absolute Gasteiger partial charge is 0.387 e. The lowest BCUT2D eigenvalue weighted by Gasteiger charge is -2.16.